The highest BCUT2D eigenvalue weighted by Gasteiger charge is 2.50. The zero-order chi connectivity index (χ0) is 24.0. The van der Waals surface area contributed by atoms with Gasteiger partial charge in [-0.15, -0.1) is 23.4 Å². The molecule has 34 heavy (non-hydrogen) atoms. The van der Waals surface area contributed by atoms with Crippen LogP contribution in [0.1, 0.15) is 49.3 Å². The number of alkyl halides is 3. The van der Waals surface area contributed by atoms with E-state index in [1.807, 2.05) is 0 Å². The van der Waals surface area contributed by atoms with E-state index in [9.17, 15) is 22.4 Å². The fourth-order valence-electron chi connectivity index (χ4n) is 4.65. The number of ether oxygens (including phenoxy) is 3. The third kappa shape index (κ3) is 4.98. The predicted octanol–water partition coefficient (Wildman–Crippen LogP) is 3.85. The minimum Gasteiger partial charge on any atom is -0.484 e. The van der Waals surface area contributed by atoms with Gasteiger partial charge in [0.15, 0.2) is 6.61 Å². The molecule has 1 aromatic carbocycles. The second kappa shape index (κ2) is 8.97. The molecule has 0 unspecified atom stereocenters. The molecule has 3 heterocycles. The summed E-state index contributed by atoms with van der Waals surface area (Å²) >= 11 is 5.62. The van der Waals surface area contributed by atoms with Crippen molar-refractivity contribution in [1.29, 1.82) is 0 Å². The van der Waals surface area contributed by atoms with Crippen molar-refractivity contribution in [3.63, 3.8) is 0 Å². The van der Waals surface area contributed by atoms with Gasteiger partial charge in [0.1, 0.15) is 11.6 Å². The molecule has 2 saturated heterocycles. The van der Waals surface area contributed by atoms with Crippen LogP contribution in [0.4, 0.5) is 17.6 Å². The van der Waals surface area contributed by atoms with Crippen molar-refractivity contribution < 1.29 is 41.0 Å². The molecule has 0 spiro atoms. The van der Waals surface area contributed by atoms with Gasteiger partial charge >= 0.3 is 6.36 Å². The molecule has 1 N–H and O–H groups in total. The third-order valence-corrected chi connectivity index (χ3v) is 6.65. The second-order valence-corrected chi connectivity index (χ2v) is 9.07. The zero-order valence-corrected chi connectivity index (χ0v) is 18.3. The Labute approximate surface area is 195 Å². The first-order valence-electron chi connectivity index (χ1n) is 10.7. The quantitative estimate of drug-likeness (QED) is 0.571. The SMILES string of the molecule is O=C(COc1ccc(Cl)c(F)c1)N[C@H]1C[C@H]2O[C@@H]1C[C@@H]2c1nnc(C2CC(OC(F)(F)F)C2)o1. The van der Waals surface area contributed by atoms with Crippen molar-refractivity contribution in [3.8, 4) is 5.75 Å². The number of amides is 1. The number of hydrogen-bond acceptors (Lipinski definition) is 7. The molecule has 2 aliphatic heterocycles. The summed E-state index contributed by atoms with van der Waals surface area (Å²) in [7, 11) is 0. The van der Waals surface area contributed by atoms with Crippen molar-refractivity contribution in [2.24, 2.45) is 0 Å². The summed E-state index contributed by atoms with van der Waals surface area (Å²) in [6.45, 7) is -0.286. The van der Waals surface area contributed by atoms with Crippen LogP contribution in [-0.2, 0) is 14.3 Å². The molecule has 4 atom stereocenters. The molecule has 0 radical (unpaired) electrons. The van der Waals surface area contributed by atoms with Gasteiger partial charge in [0, 0.05) is 12.0 Å². The number of nitrogens with one attached hydrogen (secondary N) is 1. The Kier molecular flexibility index (Phi) is 6.15. The largest absolute Gasteiger partial charge is 0.522 e. The van der Waals surface area contributed by atoms with Gasteiger partial charge in [-0.05, 0) is 37.8 Å². The maximum absolute atomic E-state index is 13.5. The summed E-state index contributed by atoms with van der Waals surface area (Å²) < 4.78 is 71.2. The third-order valence-electron chi connectivity index (χ3n) is 6.34. The number of hydrogen-bond donors (Lipinski definition) is 1. The van der Waals surface area contributed by atoms with Crippen molar-refractivity contribution in [1.82, 2.24) is 15.5 Å². The standard InChI is InChI=1S/C21H20ClF4N3O5/c22-13-2-1-10(5-14(13)23)31-8-18(30)27-15-7-16-12(6-17(15)32-16)20-29-28-19(33-20)9-3-11(4-9)34-21(24,25)26/h1-2,5,9,11-12,15-17H,3-4,6-8H2,(H,27,30)/t9?,11?,12-,15-,16+,17+/m0/s1. The maximum Gasteiger partial charge on any atom is 0.522 e. The summed E-state index contributed by atoms with van der Waals surface area (Å²) in [6.07, 6.45) is -4.56. The molecule has 1 amide bonds. The highest BCUT2D eigenvalue weighted by atomic mass is 35.5. The molecule has 3 fully saturated rings. The number of halogens is 5. The summed E-state index contributed by atoms with van der Waals surface area (Å²) in [4.78, 5) is 12.3. The van der Waals surface area contributed by atoms with Crippen LogP contribution in [0.25, 0.3) is 0 Å². The molecular weight excluding hydrogens is 486 g/mol. The molecule has 1 aromatic heterocycles. The highest BCUT2D eigenvalue weighted by Crippen LogP contribution is 2.46. The number of rotatable bonds is 7. The molecule has 1 saturated carbocycles. The van der Waals surface area contributed by atoms with Crippen LogP contribution in [0, 0.1) is 5.82 Å². The van der Waals surface area contributed by atoms with E-state index in [-0.39, 0.29) is 66.2 Å². The lowest BCUT2D eigenvalue weighted by atomic mass is 9.82. The number of carbonyl (C=O) groups is 1. The molecule has 13 heteroatoms. The Balaban J connectivity index is 1.08. The van der Waals surface area contributed by atoms with Crippen LogP contribution in [0.15, 0.2) is 22.6 Å². The lowest BCUT2D eigenvalue weighted by Gasteiger charge is -2.32. The van der Waals surface area contributed by atoms with E-state index < -0.39 is 18.3 Å². The van der Waals surface area contributed by atoms with Gasteiger partial charge in [-0.1, -0.05) is 11.6 Å². The monoisotopic (exact) mass is 505 g/mol. The molecular formula is C21H20ClF4N3O5. The minimum absolute atomic E-state index is 0.0359. The van der Waals surface area contributed by atoms with Crippen molar-refractivity contribution in [2.45, 2.75) is 68.2 Å². The van der Waals surface area contributed by atoms with Gasteiger partial charge in [0.25, 0.3) is 5.91 Å². The first-order chi connectivity index (χ1) is 16.1. The topological polar surface area (TPSA) is 95.7 Å². The Hall–Kier alpha value is -2.44. The van der Waals surface area contributed by atoms with Gasteiger partial charge in [-0.3, -0.25) is 9.53 Å². The van der Waals surface area contributed by atoms with Crippen LogP contribution >= 0.6 is 11.6 Å². The molecule has 3 aliphatic rings. The second-order valence-electron chi connectivity index (χ2n) is 8.66. The van der Waals surface area contributed by atoms with E-state index in [2.05, 4.69) is 20.3 Å². The smallest absolute Gasteiger partial charge is 0.484 e. The fourth-order valence-corrected chi connectivity index (χ4v) is 4.77. The van der Waals surface area contributed by atoms with Crippen molar-refractivity contribution in [3.05, 3.63) is 40.8 Å². The summed E-state index contributed by atoms with van der Waals surface area (Å²) in [5, 5.41) is 10.9. The van der Waals surface area contributed by atoms with E-state index in [0.29, 0.717) is 24.6 Å². The first-order valence-corrected chi connectivity index (χ1v) is 11.1. The Morgan fingerprint density at radius 1 is 1.15 bits per heavy atom. The van der Waals surface area contributed by atoms with E-state index in [0.717, 1.165) is 6.07 Å². The molecule has 2 aromatic rings. The van der Waals surface area contributed by atoms with Crippen molar-refractivity contribution >= 4 is 17.5 Å². The molecule has 2 bridgehead atoms. The van der Waals surface area contributed by atoms with Gasteiger partial charge in [-0.25, -0.2) is 4.39 Å². The first kappa shape index (κ1) is 23.3. The fraction of sp³-hybridized carbons (Fsp3) is 0.571. The van der Waals surface area contributed by atoms with Crippen LogP contribution < -0.4 is 10.1 Å². The minimum atomic E-state index is -4.65. The highest BCUT2D eigenvalue weighted by molar-refractivity contribution is 6.30. The molecule has 184 valence electrons. The number of fused-ring (bicyclic) bond motifs is 2. The van der Waals surface area contributed by atoms with Gasteiger partial charge < -0.3 is 19.2 Å². The Morgan fingerprint density at radius 2 is 1.91 bits per heavy atom. The van der Waals surface area contributed by atoms with Crippen molar-refractivity contribution in [2.75, 3.05) is 6.61 Å². The van der Waals surface area contributed by atoms with Gasteiger partial charge in [0.2, 0.25) is 11.8 Å². The van der Waals surface area contributed by atoms with E-state index in [4.69, 9.17) is 25.5 Å². The average Bonchev–Trinajstić information content (AvgIpc) is 3.46. The van der Waals surface area contributed by atoms with Crippen LogP contribution in [0.5, 0.6) is 5.75 Å². The van der Waals surface area contributed by atoms with Gasteiger partial charge in [0.05, 0.1) is 35.3 Å². The van der Waals surface area contributed by atoms with Crippen LogP contribution in [0.2, 0.25) is 5.02 Å². The normalized spacial score (nSPS) is 30.3. The van der Waals surface area contributed by atoms with E-state index in [1.54, 1.807) is 0 Å². The lowest BCUT2D eigenvalue weighted by molar-refractivity contribution is -0.352. The molecule has 8 nitrogen and oxygen atoms in total. The van der Waals surface area contributed by atoms with Crippen LogP contribution in [0.3, 0.4) is 0 Å². The summed E-state index contributed by atoms with van der Waals surface area (Å²) in [6, 6.07) is 3.70. The van der Waals surface area contributed by atoms with Crippen LogP contribution in [-0.4, -0.2) is 53.4 Å². The Morgan fingerprint density at radius 3 is 2.59 bits per heavy atom. The number of carbonyl (C=O) groups excluding carboxylic acids is 1. The Bertz CT molecular complexity index is 1060. The predicted molar refractivity (Wildman–Crippen MR) is 107 cm³/mol. The number of nitrogens with zero attached hydrogens (tertiary/aromatic N) is 2. The molecule has 1 aliphatic carbocycles. The molecule has 5 rings (SSSR count). The summed E-state index contributed by atoms with van der Waals surface area (Å²) in [5.41, 5.74) is 0. The summed E-state index contributed by atoms with van der Waals surface area (Å²) in [5.74, 6) is -0.515. The average molecular weight is 506 g/mol. The maximum atomic E-state index is 13.5. The number of aromatic nitrogens is 2. The van der Waals surface area contributed by atoms with E-state index >= 15 is 0 Å². The lowest BCUT2D eigenvalue weighted by Crippen LogP contribution is -2.44. The van der Waals surface area contributed by atoms with Gasteiger partial charge in [-0.2, -0.15) is 0 Å². The van der Waals surface area contributed by atoms with E-state index in [1.165, 1.54) is 12.1 Å². The number of benzene rings is 1. The zero-order valence-electron chi connectivity index (χ0n) is 17.6.